The third-order valence-electron chi connectivity index (χ3n) is 8.33. The van der Waals surface area contributed by atoms with Crippen molar-refractivity contribution in [3.8, 4) is 0 Å². The van der Waals surface area contributed by atoms with Crippen LogP contribution in [0.1, 0.15) is 70.9 Å². The minimum Gasteiger partial charge on any atom is -0.359 e. The van der Waals surface area contributed by atoms with E-state index in [1.54, 1.807) is 6.07 Å². The number of aryl methyl sites for hydroxylation is 2. The number of nitrogens with zero attached hydrogens (tertiary/aromatic N) is 5. The zero-order valence-electron chi connectivity index (χ0n) is 22.9. The van der Waals surface area contributed by atoms with Crippen LogP contribution in [0.2, 0.25) is 0 Å². The molecule has 4 heterocycles. The Balaban J connectivity index is 1.40. The maximum Gasteiger partial charge on any atom is 0.254 e. The molecule has 1 aromatic carbocycles. The summed E-state index contributed by atoms with van der Waals surface area (Å²) in [5.74, 6) is 0.784. The van der Waals surface area contributed by atoms with Gasteiger partial charge in [-0.15, -0.1) is 0 Å². The summed E-state index contributed by atoms with van der Waals surface area (Å²) in [6.07, 6.45) is 7.72. The molecular formula is C30H39N5O3. The Morgan fingerprint density at radius 3 is 2.24 bits per heavy atom. The van der Waals surface area contributed by atoms with Crippen LogP contribution in [-0.2, 0) is 4.79 Å². The van der Waals surface area contributed by atoms with Crippen molar-refractivity contribution >= 4 is 29.6 Å². The van der Waals surface area contributed by atoms with Crippen molar-refractivity contribution in [2.75, 3.05) is 49.1 Å². The van der Waals surface area contributed by atoms with Crippen LogP contribution in [0.3, 0.4) is 0 Å². The number of aldehydes is 1. The molecule has 0 aliphatic carbocycles. The Hall–Kier alpha value is -3.42. The fraction of sp³-hybridized carbons (Fsp3) is 0.533. The van der Waals surface area contributed by atoms with Crippen LogP contribution >= 0.6 is 0 Å². The summed E-state index contributed by atoms with van der Waals surface area (Å²) in [6, 6.07) is 7.72. The second-order valence-corrected chi connectivity index (χ2v) is 11.1. The number of amides is 2. The molecule has 2 amide bonds. The zero-order valence-corrected chi connectivity index (χ0v) is 22.9. The van der Waals surface area contributed by atoms with Crippen LogP contribution in [0, 0.1) is 13.8 Å². The van der Waals surface area contributed by atoms with E-state index in [9.17, 15) is 14.4 Å². The Bertz CT molecular complexity index is 1200. The van der Waals surface area contributed by atoms with E-state index >= 15 is 0 Å². The van der Waals surface area contributed by atoms with Gasteiger partial charge in [0.2, 0.25) is 0 Å². The maximum atomic E-state index is 13.8. The molecule has 38 heavy (non-hydrogen) atoms. The van der Waals surface area contributed by atoms with E-state index in [0.29, 0.717) is 37.3 Å². The molecule has 3 fully saturated rings. The van der Waals surface area contributed by atoms with Gasteiger partial charge in [0.15, 0.2) is 0 Å². The van der Waals surface area contributed by atoms with Crippen molar-refractivity contribution < 1.29 is 14.4 Å². The number of carbonyl (C=O) groups is 3. The van der Waals surface area contributed by atoms with Crippen molar-refractivity contribution in [3.63, 3.8) is 0 Å². The van der Waals surface area contributed by atoms with Crippen molar-refractivity contribution in [3.05, 3.63) is 52.7 Å². The van der Waals surface area contributed by atoms with Crippen LogP contribution in [0.5, 0.6) is 0 Å². The van der Waals surface area contributed by atoms with E-state index in [1.165, 1.54) is 0 Å². The minimum atomic E-state index is -0.198. The number of rotatable bonds is 5. The lowest BCUT2D eigenvalue weighted by atomic mass is 10.0. The molecule has 2 atom stereocenters. The molecule has 3 saturated heterocycles. The van der Waals surface area contributed by atoms with Gasteiger partial charge in [-0.1, -0.05) is 6.07 Å². The highest BCUT2D eigenvalue weighted by Gasteiger charge is 2.33. The number of hydrogen-bond acceptors (Lipinski definition) is 6. The molecule has 8 heteroatoms. The number of aromatic nitrogens is 1. The van der Waals surface area contributed by atoms with Gasteiger partial charge < -0.3 is 24.4 Å². The third-order valence-corrected chi connectivity index (χ3v) is 8.33. The zero-order chi connectivity index (χ0) is 26.8. The molecule has 0 radical (unpaired) electrons. The van der Waals surface area contributed by atoms with Crippen LogP contribution in [0.4, 0.5) is 11.5 Å². The molecule has 0 N–H and O–H groups in total. The fourth-order valence-corrected chi connectivity index (χ4v) is 6.25. The second kappa shape index (κ2) is 11.1. The summed E-state index contributed by atoms with van der Waals surface area (Å²) in [5.41, 5.74) is 4.03. The standard InChI is InChI=1S/C30H39N5O3/c1-21-17-22(2)28(31-19-21)32-13-15-34(16-14-32)29(37)26-10-9-24(35-23(3)7-8-25(35)20-36)18-27(26)30(38)33-11-5-4-6-12-33/h9-10,17-20,23,25H,4-8,11-16H2,1-3H3. The van der Waals surface area contributed by atoms with E-state index < -0.39 is 0 Å². The number of piperazine rings is 1. The molecule has 8 nitrogen and oxygen atoms in total. The molecule has 5 rings (SSSR count). The summed E-state index contributed by atoms with van der Waals surface area (Å²) in [4.78, 5) is 52.1. The number of carbonyl (C=O) groups excluding carboxylic acids is 3. The van der Waals surface area contributed by atoms with Crippen LogP contribution in [0.15, 0.2) is 30.5 Å². The third kappa shape index (κ3) is 5.13. The Morgan fingerprint density at radius 2 is 1.55 bits per heavy atom. The lowest BCUT2D eigenvalue weighted by molar-refractivity contribution is -0.108. The average molecular weight is 518 g/mol. The van der Waals surface area contributed by atoms with Crippen molar-refractivity contribution in [1.29, 1.82) is 0 Å². The molecule has 1 aromatic heterocycles. The minimum absolute atomic E-state index is 0.0810. The summed E-state index contributed by atoms with van der Waals surface area (Å²) >= 11 is 0. The van der Waals surface area contributed by atoms with Crippen LogP contribution in [-0.4, -0.2) is 84.2 Å². The lowest BCUT2D eigenvalue weighted by Crippen LogP contribution is -2.49. The molecule has 202 valence electrons. The fourth-order valence-electron chi connectivity index (χ4n) is 6.25. The Kier molecular flexibility index (Phi) is 7.68. The molecule has 0 bridgehead atoms. The van der Waals surface area contributed by atoms with E-state index in [2.05, 4.69) is 34.7 Å². The van der Waals surface area contributed by atoms with E-state index in [-0.39, 0.29) is 23.9 Å². The molecular weight excluding hydrogens is 478 g/mol. The predicted molar refractivity (Wildman–Crippen MR) is 149 cm³/mol. The Labute approximate surface area is 225 Å². The van der Waals surface area contributed by atoms with Gasteiger partial charge in [-0.25, -0.2) is 4.98 Å². The summed E-state index contributed by atoms with van der Waals surface area (Å²) in [7, 11) is 0. The first-order valence-electron chi connectivity index (χ1n) is 14.0. The largest absolute Gasteiger partial charge is 0.359 e. The van der Waals surface area contributed by atoms with Gasteiger partial charge in [0.25, 0.3) is 11.8 Å². The number of hydrogen-bond donors (Lipinski definition) is 0. The topological polar surface area (TPSA) is 77.1 Å². The van der Waals surface area contributed by atoms with Gasteiger partial charge in [-0.3, -0.25) is 9.59 Å². The van der Waals surface area contributed by atoms with E-state index in [1.807, 2.05) is 35.1 Å². The molecule has 2 unspecified atom stereocenters. The van der Waals surface area contributed by atoms with Crippen molar-refractivity contribution in [2.45, 2.75) is 65.0 Å². The van der Waals surface area contributed by atoms with Gasteiger partial charge in [0.05, 0.1) is 17.2 Å². The monoisotopic (exact) mass is 517 g/mol. The highest BCUT2D eigenvalue weighted by Crippen LogP contribution is 2.32. The van der Waals surface area contributed by atoms with E-state index in [4.69, 9.17) is 0 Å². The maximum absolute atomic E-state index is 13.8. The summed E-state index contributed by atoms with van der Waals surface area (Å²) < 4.78 is 0. The molecule has 3 aliphatic rings. The molecule has 2 aromatic rings. The van der Waals surface area contributed by atoms with Crippen molar-refractivity contribution in [2.24, 2.45) is 0 Å². The van der Waals surface area contributed by atoms with Crippen molar-refractivity contribution in [1.82, 2.24) is 14.8 Å². The lowest BCUT2D eigenvalue weighted by Gasteiger charge is -2.36. The van der Waals surface area contributed by atoms with Crippen LogP contribution < -0.4 is 9.80 Å². The van der Waals surface area contributed by atoms with Gasteiger partial charge in [0, 0.05) is 57.2 Å². The van der Waals surface area contributed by atoms with Gasteiger partial charge >= 0.3 is 0 Å². The first-order valence-corrected chi connectivity index (χ1v) is 14.0. The number of pyridine rings is 1. The SMILES string of the molecule is Cc1cnc(N2CCN(C(=O)c3ccc(N4C(C)CCC4C=O)cc3C(=O)N3CCCCC3)CC2)c(C)c1. The summed E-state index contributed by atoms with van der Waals surface area (Å²) in [5, 5.41) is 0. The molecule has 0 saturated carbocycles. The van der Waals surface area contributed by atoms with Gasteiger partial charge in [-0.05, 0) is 82.2 Å². The van der Waals surface area contributed by atoms with Crippen LogP contribution in [0.25, 0.3) is 0 Å². The molecule has 3 aliphatic heterocycles. The van der Waals surface area contributed by atoms with Gasteiger partial charge in [0.1, 0.15) is 12.1 Å². The first kappa shape index (κ1) is 26.2. The first-order chi connectivity index (χ1) is 18.4. The highest BCUT2D eigenvalue weighted by atomic mass is 16.2. The smallest absolute Gasteiger partial charge is 0.254 e. The number of likely N-dealkylation sites (tertiary alicyclic amines) is 1. The Morgan fingerprint density at radius 1 is 0.868 bits per heavy atom. The normalized spacial score (nSPS) is 22.1. The number of piperidine rings is 1. The summed E-state index contributed by atoms with van der Waals surface area (Å²) in [6.45, 7) is 10.2. The molecule has 0 spiro atoms. The van der Waals surface area contributed by atoms with Gasteiger partial charge in [-0.2, -0.15) is 0 Å². The average Bonchev–Trinajstić information content (AvgIpc) is 3.33. The van der Waals surface area contributed by atoms with E-state index in [0.717, 1.165) is 74.1 Å². The number of anilines is 2. The second-order valence-electron chi connectivity index (χ2n) is 11.1. The predicted octanol–water partition coefficient (Wildman–Crippen LogP) is 3.84. The number of benzene rings is 1. The highest BCUT2D eigenvalue weighted by molar-refractivity contribution is 6.08. The quantitative estimate of drug-likeness (QED) is 0.561.